The zero-order chi connectivity index (χ0) is 48.6. The van der Waals surface area contributed by atoms with Crippen LogP contribution in [0, 0.1) is 6.92 Å². The molecule has 0 unspecified atom stereocenters. The molecule has 0 N–H and O–H groups in total. The molecule has 0 spiro atoms. The minimum Gasteiger partial charge on any atom is -0.0776 e. The van der Waals surface area contributed by atoms with Crippen LogP contribution in [0.25, 0.3) is 109 Å². The van der Waals surface area contributed by atoms with E-state index >= 15 is 0 Å². The normalized spacial score (nSPS) is 10.0. The third-order valence-corrected chi connectivity index (χ3v) is 11.6. The first-order chi connectivity index (χ1) is 33.4. The molecule has 11 rings (SSSR count). The maximum atomic E-state index is 2.38. The van der Waals surface area contributed by atoms with Gasteiger partial charge in [0.1, 0.15) is 0 Å². The molecule has 71 heavy (non-hydrogen) atoms. The van der Waals surface area contributed by atoms with Gasteiger partial charge in [0.05, 0.1) is 0 Å². The Kier molecular flexibility index (Phi) is 23.5. The molecule has 0 heterocycles. The highest BCUT2D eigenvalue weighted by Gasteiger charge is 2.13. The van der Waals surface area contributed by atoms with Gasteiger partial charge in [-0.3, -0.25) is 0 Å². The molecule has 0 aliphatic heterocycles. The Morgan fingerprint density at radius 2 is 0.408 bits per heavy atom. The van der Waals surface area contributed by atoms with Crippen molar-refractivity contribution in [3.8, 4) is 44.5 Å². The van der Waals surface area contributed by atoms with Gasteiger partial charge in [0.25, 0.3) is 0 Å². The highest BCUT2D eigenvalue weighted by molar-refractivity contribution is 6.27. The molecule has 0 radical (unpaired) electrons. The Labute approximate surface area is 430 Å². The van der Waals surface area contributed by atoms with Crippen LogP contribution in [0.2, 0.25) is 0 Å². The van der Waals surface area contributed by atoms with Crippen molar-refractivity contribution >= 4 is 64.6 Å². The summed E-state index contributed by atoms with van der Waals surface area (Å²) in [5.74, 6) is 0. The molecule has 0 bridgehead atoms. The van der Waals surface area contributed by atoms with Crippen LogP contribution in [0.5, 0.6) is 0 Å². The lowest BCUT2D eigenvalue weighted by molar-refractivity contribution is 1.09. The summed E-state index contributed by atoms with van der Waals surface area (Å²) in [4.78, 5) is 0. The van der Waals surface area contributed by atoms with Crippen molar-refractivity contribution in [2.24, 2.45) is 0 Å². The molecule has 0 heteroatoms. The van der Waals surface area contributed by atoms with Crippen LogP contribution < -0.4 is 0 Å². The van der Waals surface area contributed by atoms with Gasteiger partial charge in [-0.25, -0.2) is 0 Å². The van der Waals surface area contributed by atoms with Crippen LogP contribution >= 0.6 is 0 Å². The number of rotatable bonds is 4. The summed E-state index contributed by atoms with van der Waals surface area (Å²) in [5.41, 5.74) is 11.0. The Morgan fingerprint density at radius 1 is 0.211 bits per heavy atom. The van der Waals surface area contributed by atoms with Crippen LogP contribution in [0.3, 0.4) is 0 Å². The lowest BCUT2D eigenvalue weighted by Gasteiger charge is -2.14. The number of hydrogen-bond donors (Lipinski definition) is 0. The molecule has 0 saturated carbocycles. The second-order valence-electron chi connectivity index (χ2n) is 17.1. The number of fused-ring (bicyclic) bond motifs is 12. The van der Waals surface area contributed by atoms with E-state index in [1.807, 2.05) is 27.7 Å². The van der Waals surface area contributed by atoms with E-state index < -0.39 is 0 Å². The maximum Gasteiger partial charge on any atom is -0.00928 e. The van der Waals surface area contributed by atoms with Crippen LogP contribution in [0.1, 0.15) is 116 Å². The van der Waals surface area contributed by atoms with Crippen molar-refractivity contribution in [1.29, 1.82) is 0 Å². The number of aryl methyl sites for hydroxylation is 1. The summed E-state index contributed by atoms with van der Waals surface area (Å²) in [6.45, 7) is 23.0. The minimum absolute atomic E-state index is 0. The van der Waals surface area contributed by atoms with Gasteiger partial charge in [0.15, 0.2) is 0 Å². The first-order valence-electron chi connectivity index (χ1n) is 25.4. The molecular weight excluding hydrogens is 853 g/mol. The second kappa shape index (κ2) is 28.6. The largest absolute Gasteiger partial charge is 0.0776 e. The lowest BCUT2D eigenvalue weighted by atomic mass is 9.90. The first-order valence-corrected chi connectivity index (χ1v) is 25.4. The third-order valence-electron chi connectivity index (χ3n) is 11.6. The second-order valence-corrected chi connectivity index (χ2v) is 17.1. The van der Waals surface area contributed by atoms with Crippen LogP contribution in [-0.2, 0) is 0 Å². The van der Waals surface area contributed by atoms with Crippen molar-refractivity contribution in [2.75, 3.05) is 0 Å². The van der Waals surface area contributed by atoms with E-state index in [-0.39, 0.29) is 22.3 Å². The molecule has 0 atom stereocenters. The van der Waals surface area contributed by atoms with E-state index in [9.17, 15) is 0 Å². The summed E-state index contributed by atoms with van der Waals surface area (Å²) in [6, 6.07) is 74.2. The quantitative estimate of drug-likeness (QED) is 0.154. The van der Waals surface area contributed by atoms with Gasteiger partial charge in [-0.05, 0) is 152 Å². The molecule has 11 aromatic rings. The predicted octanol–water partition coefficient (Wildman–Crippen LogP) is 23.8. The van der Waals surface area contributed by atoms with Gasteiger partial charge in [-0.2, -0.15) is 0 Å². The number of benzene rings is 11. The Bertz CT molecular complexity index is 3090. The predicted molar refractivity (Wildman–Crippen MR) is 329 cm³/mol. The Hall–Kier alpha value is -7.02. The van der Waals surface area contributed by atoms with Crippen molar-refractivity contribution in [3.05, 3.63) is 206 Å². The number of hydrogen-bond acceptors (Lipinski definition) is 0. The van der Waals surface area contributed by atoms with Gasteiger partial charge in [-0.1, -0.05) is 281 Å². The van der Waals surface area contributed by atoms with Crippen molar-refractivity contribution in [1.82, 2.24) is 0 Å². The van der Waals surface area contributed by atoms with Gasteiger partial charge < -0.3 is 0 Å². The Morgan fingerprint density at radius 3 is 0.676 bits per heavy atom. The van der Waals surface area contributed by atoms with E-state index in [4.69, 9.17) is 0 Å². The van der Waals surface area contributed by atoms with Crippen LogP contribution in [-0.4, -0.2) is 0 Å². The molecule has 368 valence electrons. The first kappa shape index (κ1) is 58.3. The van der Waals surface area contributed by atoms with Gasteiger partial charge in [0.2, 0.25) is 0 Å². The fourth-order valence-electron chi connectivity index (χ4n) is 9.05. The average Bonchev–Trinajstić information content (AvgIpc) is 3.40. The zero-order valence-electron chi connectivity index (χ0n) is 42.7. The highest BCUT2D eigenvalue weighted by Crippen LogP contribution is 2.40. The SMILES string of the molecule is C.C.C.CC.CC.CCC.CCC.CCC.Cc1cc(-c2cccc(-c3ccc4c5ccccc5c5ccccc5c4c3)c2)cc(-c2cccc(-c3ccc4c5ccccc5c5ccccc5c4c3)c2)c1. The molecule has 0 fully saturated rings. The molecule has 0 aromatic heterocycles. The summed E-state index contributed by atoms with van der Waals surface area (Å²) < 4.78 is 0. The molecule has 0 amide bonds. The fraction of sp³-hybridized carbons (Fsp3) is 0.239. The van der Waals surface area contributed by atoms with Gasteiger partial charge in [-0.15, -0.1) is 0 Å². The summed E-state index contributed by atoms with van der Waals surface area (Å²) in [7, 11) is 0. The smallest absolute Gasteiger partial charge is 0.00928 e. The fourth-order valence-corrected chi connectivity index (χ4v) is 9.05. The van der Waals surface area contributed by atoms with E-state index in [2.05, 4.69) is 249 Å². The molecule has 0 saturated heterocycles. The van der Waals surface area contributed by atoms with E-state index in [1.54, 1.807) is 0 Å². The van der Waals surface area contributed by atoms with E-state index in [0.29, 0.717) is 0 Å². The van der Waals surface area contributed by atoms with Crippen molar-refractivity contribution in [2.45, 2.75) is 118 Å². The summed E-state index contributed by atoms with van der Waals surface area (Å²) in [5, 5.41) is 15.6. The third kappa shape index (κ3) is 12.9. The van der Waals surface area contributed by atoms with Crippen LogP contribution in [0.15, 0.2) is 200 Å². The molecular formula is C71H84. The topological polar surface area (TPSA) is 0 Å². The highest BCUT2D eigenvalue weighted by atomic mass is 14.2. The molecule has 0 aliphatic rings. The van der Waals surface area contributed by atoms with E-state index in [0.717, 1.165) is 0 Å². The zero-order valence-corrected chi connectivity index (χ0v) is 42.7. The monoisotopic (exact) mass is 937 g/mol. The minimum atomic E-state index is 0. The molecule has 11 aromatic carbocycles. The lowest BCUT2D eigenvalue weighted by Crippen LogP contribution is -1.88. The summed E-state index contributed by atoms with van der Waals surface area (Å²) >= 11 is 0. The van der Waals surface area contributed by atoms with E-state index in [1.165, 1.54) is 134 Å². The average molecular weight is 937 g/mol. The van der Waals surface area contributed by atoms with Crippen LogP contribution in [0.4, 0.5) is 0 Å². The van der Waals surface area contributed by atoms with Crippen molar-refractivity contribution in [3.63, 3.8) is 0 Å². The Balaban J connectivity index is 0.000000763. The molecule has 0 nitrogen and oxygen atoms in total. The standard InChI is InChI=1S/C55H36.3C3H8.2C2H6.3CH4/c1-35-28-42(38-14-10-12-36(30-38)40-24-26-52-48-20-4-2-16-44(48)46-18-6-8-22-50(46)54(52)33-40)32-43(29-35)39-15-11-13-37(31-39)41-25-27-53-49-21-5-3-17-45(49)47-19-7-9-23-51(47)55(53)34-41;3*1-3-2;2*1-2;;;/h2-34H,1H3;3*3H2,1-2H3;2*1-2H3;3*1H4. The van der Waals surface area contributed by atoms with Crippen molar-refractivity contribution < 1.29 is 0 Å². The summed E-state index contributed by atoms with van der Waals surface area (Å²) in [6.07, 6.45) is 3.75. The molecule has 0 aliphatic carbocycles. The van der Waals surface area contributed by atoms with Gasteiger partial charge >= 0.3 is 0 Å². The maximum absolute atomic E-state index is 2.38. The van der Waals surface area contributed by atoms with Gasteiger partial charge in [0, 0.05) is 0 Å².